The lowest BCUT2D eigenvalue weighted by molar-refractivity contribution is 0.144. The van der Waals surface area contributed by atoms with Crippen molar-refractivity contribution in [1.29, 1.82) is 0 Å². The van der Waals surface area contributed by atoms with Crippen LogP contribution in [-0.4, -0.2) is 4.98 Å². The smallest absolute Gasteiger partial charge is 0.212 e. The summed E-state index contributed by atoms with van der Waals surface area (Å²) in [6, 6.07) is 0.312. The fraction of sp³-hybridized carbons (Fsp3) is 0.167. The van der Waals surface area contributed by atoms with E-state index in [2.05, 4.69) is 20.9 Å². The Morgan fingerprint density at radius 3 is 2.33 bits per heavy atom. The highest BCUT2D eigenvalue weighted by Gasteiger charge is 2.19. The second-order valence-corrected chi connectivity index (χ2v) is 2.68. The molecule has 1 nitrogen and oxygen atoms in total. The number of aromatic nitrogens is 1. The molecule has 1 aromatic rings. The first-order valence-corrected chi connectivity index (χ1v) is 3.61. The van der Waals surface area contributed by atoms with E-state index in [0.717, 1.165) is 0 Å². The van der Waals surface area contributed by atoms with Gasteiger partial charge in [0.05, 0.1) is 5.56 Å². The molecule has 0 aromatic carbocycles. The van der Waals surface area contributed by atoms with E-state index in [1.807, 2.05) is 0 Å². The zero-order valence-electron chi connectivity index (χ0n) is 5.49. The summed E-state index contributed by atoms with van der Waals surface area (Å²) in [6.07, 6.45) is -3.01. The van der Waals surface area contributed by atoms with Gasteiger partial charge in [0.2, 0.25) is 5.95 Å². The van der Waals surface area contributed by atoms with Gasteiger partial charge in [-0.05, 0) is 15.9 Å². The normalized spacial score (nSPS) is 10.8. The first kappa shape index (κ1) is 9.44. The van der Waals surface area contributed by atoms with Gasteiger partial charge < -0.3 is 0 Å². The average molecular weight is 244 g/mol. The molecule has 0 fully saturated rings. The van der Waals surface area contributed by atoms with Crippen molar-refractivity contribution in [1.82, 2.24) is 4.98 Å². The molecule has 6 heteroatoms. The van der Waals surface area contributed by atoms with Crippen molar-refractivity contribution in [3.63, 3.8) is 0 Å². The van der Waals surface area contributed by atoms with E-state index in [0.29, 0.717) is 6.07 Å². The van der Waals surface area contributed by atoms with Crippen LogP contribution in [0, 0.1) is 11.8 Å². The van der Waals surface area contributed by atoms with Crippen LogP contribution in [0.5, 0.6) is 0 Å². The number of hydrogen-bond donors (Lipinski definition) is 0. The van der Waals surface area contributed by atoms with E-state index in [4.69, 9.17) is 0 Å². The molecule has 0 radical (unpaired) electrons. The molecule has 0 N–H and O–H groups in total. The van der Waals surface area contributed by atoms with Gasteiger partial charge in [-0.15, -0.1) is 0 Å². The molecule has 66 valence electrons. The zero-order valence-corrected chi connectivity index (χ0v) is 7.08. The zero-order chi connectivity index (χ0) is 9.30. The number of alkyl halides is 2. The van der Waals surface area contributed by atoms with E-state index in [9.17, 15) is 17.6 Å². The number of nitrogens with zero attached hydrogens (tertiary/aromatic N) is 1. The highest BCUT2D eigenvalue weighted by atomic mass is 79.9. The van der Waals surface area contributed by atoms with Crippen LogP contribution < -0.4 is 0 Å². The first-order chi connectivity index (χ1) is 5.52. The Morgan fingerprint density at radius 2 is 1.92 bits per heavy atom. The lowest BCUT2D eigenvalue weighted by Crippen LogP contribution is -1.97. The minimum atomic E-state index is -3.01. The lowest BCUT2D eigenvalue weighted by atomic mass is 10.3. The third-order valence-corrected chi connectivity index (χ3v) is 1.75. The summed E-state index contributed by atoms with van der Waals surface area (Å²) in [5.74, 6) is -2.44. The third kappa shape index (κ3) is 1.74. The molecular formula is C6H2BrF4N. The van der Waals surface area contributed by atoms with Crippen LogP contribution in [0.25, 0.3) is 0 Å². The highest BCUT2D eigenvalue weighted by Crippen LogP contribution is 2.28. The predicted molar refractivity (Wildman–Crippen MR) is 36.8 cm³/mol. The monoisotopic (exact) mass is 243 g/mol. The molecule has 1 aromatic heterocycles. The van der Waals surface area contributed by atoms with E-state index >= 15 is 0 Å². The molecule has 1 heterocycles. The molecular weight excluding hydrogens is 242 g/mol. The van der Waals surface area contributed by atoms with Crippen molar-refractivity contribution < 1.29 is 17.6 Å². The van der Waals surface area contributed by atoms with E-state index < -0.39 is 28.4 Å². The SMILES string of the molecule is Fc1cc(F)c(C(F)F)c(Br)n1. The Balaban J connectivity index is 3.28. The van der Waals surface area contributed by atoms with Gasteiger partial charge in [-0.3, -0.25) is 0 Å². The molecule has 0 saturated heterocycles. The van der Waals surface area contributed by atoms with E-state index in [1.54, 1.807) is 0 Å². The highest BCUT2D eigenvalue weighted by molar-refractivity contribution is 9.10. The van der Waals surface area contributed by atoms with Crippen molar-refractivity contribution in [3.05, 3.63) is 28.0 Å². The molecule has 12 heavy (non-hydrogen) atoms. The lowest BCUT2D eigenvalue weighted by Gasteiger charge is -2.02. The molecule has 0 aliphatic rings. The van der Waals surface area contributed by atoms with Crippen LogP contribution in [0.3, 0.4) is 0 Å². The predicted octanol–water partition coefficient (Wildman–Crippen LogP) is 3.06. The number of rotatable bonds is 1. The van der Waals surface area contributed by atoms with E-state index in [-0.39, 0.29) is 0 Å². The topological polar surface area (TPSA) is 12.9 Å². The summed E-state index contributed by atoms with van der Waals surface area (Å²) in [7, 11) is 0. The molecule has 0 spiro atoms. The van der Waals surface area contributed by atoms with Crippen molar-refractivity contribution in [3.8, 4) is 0 Å². The number of hydrogen-bond acceptors (Lipinski definition) is 1. The third-order valence-electron chi connectivity index (χ3n) is 1.15. The summed E-state index contributed by atoms with van der Waals surface area (Å²) in [6.45, 7) is 0. The summed E-state index contributed by atoms with van der Waals surface area (Å²) >= 11 is 2.53. The fourth-order valence-electron chi connectivity index (χ4n) is 0.661. The summed E-state index contributed by atoms with van der Waals surface area (Å²) in [4.78, 5) is 2.99. The van der Waals surface area contributed by atoms with Gasteiger partial charge >= 0.3 is 0 Å². The van der Waals surface area contributed by atoms with Crippen LogP contribution in [0.4, 0.5) is 17.6 Å². The Hall–Kier alpha value is -0.650. The van der Waals surface area contributed by atoms with Crippen LogP contribution in [0.2, 0.25) is 0 Å². The summed E-state index contributed by atoms with van der Waals surface area (Å²) in [5.41, 5.74) is -0.920. The van der Waals surface area contributed by atoms with Crippen LogP contribution >= 0.6 is 15.9 Å². The first-order valence-electron chi connectivity index (χ1n) is 2.82. The second-order valence-electron chi connectivity index (χ2n) is 1.93. The maximum Gasteiger partial charge on any atom is 0.269 e. The molecule has 0 atom stereocenters. The summed E-state index contributed by atoms with van der Waals surface area (Å²) in [5, 5.41) is 0. The number of pyridine rings is 1. The minimum Gasteiger partial charge on any atom is -0.212 e. The Kier molecular flexibility index (Phi) is 2.66. The van der Waals surface area contributed by atoms with Gasteiger partial charge in [-0.25, -0.2) is 18.2 Å². The Labute approximate surface area is 73.5 Å². The Bertz CT molecular complexity index is 279. The van der Waals surface area contributed by atoms with Crippen LogP contribution in [0.15, 0.2) is 10.7 Å². The van der Waals surface area contributed by atoms with Crippen molar-refractivity contribution in [2.24, 2.45) is 0 Å². The maximum absolute atomic E-state index is 12.6. The number of halogens is 5. The molecule has 0 amide bonds. The van der Waals surface area contributed by atoms with Crippen molar-refractivity contribution in [2.45, 2.75) is 6.43 Å². The molecule has 1 rings (SSSR count). The fourth-order valence-corrected chi connectivity index (χ4v) is 1.19. The molecule has 0 unspecified atom stereocenters. The van der Waals surface area contributed by atoms with Crippen molar-refractivity contribution in [2.75, 3.05) is 0 Å². The maximum atomic E-state index is 12.6. The van der Waals surface area contributed by atoms with Crippen LogP contribution in [0.1, 0.15) is 12.0 Å². The van der Waals surface area contributed by atoms with Crippen LogP contribution in [-0.2, 0) is 0 Å². The minimum absolute atomic E-state index is 0.312. The molecule has 0 bridgehead atoms. The van der Waals surface area contributed by atoms with Gasteiger partial charge in [0.15, 0.2) is 0 Å². The Morgan fingerprint density at radius 1 is 1.33 bits per heavy atom. The van der Waals surface area contributed by atoms with Gasteiger partial charge in [-0.1, -0.05) is 0 Å². The average Bonchev–Trinajstić information content (AvgIpc) is 1.82. The van der Waals surface area contributed by atoms with Crippen molar-refractivity contribution >= 4 is 15.9 Å². The molecule has 0 saturated carbocycles. The summed E-state index contributed by atoms with van der Waals surface area (Å²) < 4.78 is 48.3. The van der Waals surface area contributed by atoms with E-state index in [1.165, 1.54) is 0 Å². The molecule has 0 aliphatic carbocycles. The standard InChI is InChI=1S/C6H2BrF4N/c7-5-4(6(10)11)2(8)1-3(9)12-5/h1,6H. The second kappa shape index (κ2) is 3.38. The van der Waals surface area contributed by atoms with Gasteiger partial charge in [0.25, 0.3) is 6.43 Å². The van der Waals surface area contributed by atoms with Gasteiger partial charge in [0, 0.05) is 6.07 Å². The molecule has 0 aliphatic heterocycles. The van der Waals surface area contributed by atoms with Gasteiger partial charge in [-0.2, -0.15) is 4.39 Å². The van der Waals surface area contributed by atoms with Gasteiger partial charge in [0.1, 0.15) is 10.4 Å². The largest absolute Gasteiger partial charge is 0.269 e. The quantitative estimate of drug-likeness (QED) is 0.546.